The Hall–Kier alpha value is -1.38. The van der Waals surface area contributed by atoms with Gasteiger partial charge in [-0.15, -0.1) is 0 Å². The molecule has 0 radical (unpaired) electrons. The number of hydrogen-bond donors (Lipinski definition) is 0. The lowest BCUT2D eigenvalue weighted by atomic mass is 9.86. The van der Waals surface area contributed by atoms with Gasteiger partial charge in [0, 0.05) is 5.57 Å². The lowest BCUT2D eigenvalue weighted by molar-refractivity contribution is 0.195. The summed E-state index contributed by atoms with van der Waals surface area (Å²) in [5.74, 6) is 0.0132. The molecule has 0 N–H and O–H groups in total. The second-order valence-electron chi connectivity index (χ2n) is 8.33. The molecule has 0 aromatic heterocycles. The number of allylic oxidation sites excluding steroid dienone is 5. The quantitative estimate of drug-likeness (QED) is 0.254. The lowest BCUT2D eigenvalue weighted by Gasteiger charge is -2.20. The Morgan fingerprint density at radius 2 is 1.65 bits per heavy atom. The van der Waals surface area contributed by atoms with Crippen LogP contribution < -0.4 is 0 Å². The van der Waals surface area contributed by atoms with Gasteiger partial charge in [-0.3, -0.25) is 0 Å². The summed E-state index contributed by atoms with van der Waals surface area (Å²) in [4.78, 5) is 0. The summed E-state index contributed by atoms with van der Waals surface area (Å²) in [6, 6.07) is 0. The minimum atomic E-state index is -1.04. The molecule has 148 valence electrons. The Morgan fingerprint density at radius 3 is 2.19 bits per heavy atom. The van der Waals surface area contributed by atoms with E-state index in [1.54, 1.807) is 6.92 Å². The fourth-order valence-electron chi connectivity index (χ4n) is 2.59. The highest BCUT2D eigenvalue weighted by Crippen LogP contribution is 2.32. The highest BCUT2D eigenvalue weighted by Gasteiger charge is 2.23. The van der Waals surface area contributed by atoms with Gasteiger partial charge in [-0.05, 0) is 55.4 Å². The molecule has 1 aliphatic rings. The van der Waals surface area contributed by atoms with E-state index in [1.807, 2.05) is 6.08 Å². The van der Waals surface area contributed by atoms with Crippen molar-refractivity contribution in [2.24, 2.45) is 23.7 Å². The summed E-state index contributed by atoms with van der Waals surface area (Å²) in [6.45, 7) is 18.3. The lowest BCUT2D eigenvalue weighted by Crippen LogP contribution is -2.08. The number of ether oxygens (including phenoxy) is 1. The first-order valence-corrected chi connectivity index (χ1v) is 9.87. The Balaban J connectivity index is 2.58. The topological polar surface area (TPSA) is 9.23 Å². The van der Waals surface area contributed by atoms with Crippen LogP contribution in [0.1, 0.15) is 66.7 Å². The molecular weight excluding hydrogens is 330 g/mol. The van der Waals surface area contributed by atoms with Crippen LogP contribution in [0.15, 0.2) is 47.8 Å². The summed E-state index contributed by atoms with van der Waals surface area (Å²) >= 11 is 0. The molecule has 2 atom stereocenters. The molecule has 2 unspecified atom stereocenters. The van der Waals surface area contributed by atoms with Crippen molar-refractivity contribution in [3.63, 3.8) is 0 Å². The number of hydrogen-bond acceptors (Lipinski definition) is 1. The van der Waals surface area contributed by atoms with Gasteiger partial charge >= 0.3 is 0 Å². The van der Waals surface area contributed by atoms with Crippen LogP contribution in [0.3, 0.4) is 0 Å². The maximum atomic E-state index is 14.3. The molecule has 1 rings (SSSR count). The van der Waals surface area contributed by atoms with E-state index in [0.29, 0.717) is 35.9 Å². The fourth-order valence-corrected chi connectivity index (χ4v) is 2.59. The van der Waals surface area contributed by atoms with Gasteiger partial charge in [0.2, 0.25) is 5.83 Å². The summed E-state index contributed by atoms with van der Waals surface area (Å²) < 4.78 is 33.7. The van der Waals surface area contributed by atoms with Gasteiger partial charge in [-0.2, -0.15) is 4.39 Å². The molecule has 26 heavy (non-hydrogen) atoms. The monoisotopic (exact) mass is 366 g/mol. The van der Waals surface area contributed by atoms with Crippen molar-refractivity contribution >= 4 is 0 Å². The van der Waals surface area contributed by atoms with Crippen LogP contribution in [0.5, 0.6) is 0 Å². The van der Waals surface area contributed by atoms with Crippen LogP contribution >= 0.6 is 0 Å². The molecule has 0 spiro atoms. The van der Waals surface area contributed by atoms with Crippen LogP contribution in [0.2, 0.25) is 0 Å². The Labute approximate surface area is 158 Å². The zero-order valence-electron chi connectivity index (χ0n) is 17.2. The maximum Gasteiger partial charge on any atom is 0.200 e. The first-order chi connectivity index (χ1) is 12.1. The van der Waals surface area contributed by atoms with Crippen LogP contribution in [-0.4, -0.2) is 6.61 Å². The van der Waals surface area contributed by atoms with Crippen molar-refractivity contribution in [2.45, 2.75) is 66.7 Å². The third-order valence-electron chi connectivity index (χ3n) is 5.34. The molecule has 0 aromatic carbocycles. The summed E-state index contributed by atoms with van der Waals surface area (Å²) in [5.41, 5.74) is 0.733. The summed E-state index contributed by atoms with van der Waals surface area (Å²) in [6.07, 6.45) is 7.37. The van der Waals surface area contributed by atoms with E-state index in [4.69, 9.17) is 4.74 Å². The van der Waals surface area contributed by atoms with Gasteiger partial charge in [0.1, 0.15) is 0 Å². The molecule has 3 heteroatoms. The minimum absolute atomic E-state index is 0.0701. The summed E-state index contributed by atoms with van der Waals surface area (Å²) in [7, 11) is 0. The van der Waals surface area contributed by atoms with Crippen molar-refractivity contribution in [1.82, 2.24) is 0 Å². The van der Waals surface area contributed by atoms with E-state index in [2.05, 4.69) is 40.9 Å². The van der Waals surface area contributed by atoms with E-state index >= 15 is 0 Å². The van der Waals surface area contributed by atoms with Gasteiger partial charge in [-0.1, -0.05) is 59.8 Å². The van der Waals surface area contributed by atoms with E-state index < -0.39 is 11.7 Å². The molecule has 0 saturated heterocycles. The average Bonchev–Trinajstić information content (AvgIpc) is 3.43. The third-order valence-corrected chi connectivity index (χ3v) is 5.34. The second kappa shape index (κ2) is 10.7. The van der Waals surface area contributed by atoms with Crippen molar-refractivity contribution in [3.8, 4) is 0 Å². The first-order valence-electron chi connectivity index (χ1n) is 9.87. The third kappa shape index (κ3) is 7.88. The van der Waals surface area contributed by atoms with Crippen LogP contribution in [0.4, 0.5) is 8.78 Å². The van der Waals surface area contributed by atoms with E-state index in [0.717, 1.165) is 19.3 Å². The minimum Gasteiger partial charge on any atom is -0.491 e. The molecule has 1 saturated carbocycles. The number of rotatable bonds is 12. The highest BCUT2D eigenvalue weighted by atomic mass is 19.2. The Bertz CT molecular complexity index is 553. The van der Waals surface area contributed by atoms with Crippen LogP contribution in [0.25, 0.3) is 0 Å². The van der Waals surface area contributed by atoms with Gasteiger partial charge in [-0.25, -0.2) is 4.39 Å². The van der Waals surface area contributed by atoms with E-state index in [9.17, 15) is 8.78 Å². The van der Waals surface area contributed by atoms with Crippen molar-refractivity contribution in [2.75, 3.05) is 6.61 Å². The molecule has 0 heterocycles. The highest BCUT2D eigenvalue weighted by molar-refractivity contribution is 5.44. The van der Waals surface area contributed by atoms with Gasteiger partial charge in [0.05, 0.1) is 6.61 Å². The molecule has 0 aromatic rings. The molecule has 0 bridgehead atoms. The predicted molar refractivity (Wildman–Crippen MR) is 107 cm³/mol. The number of halogens is 2. The fraction of sp³-hybridized carbons (Fsp3) is 0.652. The van der Waals surface area contributed by atoms with Crippen LogP contribution in [-0.2, 0) is 4.74 Å². The van der Waals surface area contributed by atoms with Gasteiger partial charge < -0.3 is 4.74 Å². The average molecular weight is 367 g/mol. The smallest absolute Gasteiger partial charge is 0.200 e. The Morgan fingerprint density at radius 1 is 1.04 bits per heavy atom. The molecule has 1 aliphatic carbocycles. The zero-order valence-corrected chi connectivity index (χ0v) is 17.2. The second-order valence-corrected chi connectivity index (χ2v) is 8.33. The van der Waals surface area contributed by atoms with Crippen molar-refractivity contribution in [3.05, 3.63) is 47.8 Å². The Kier molecular flexibility index (Phi) is 9.32. The predicted octanol–water partition coefficient (Wildman–Crippen LogP) is 7.68. The van der Waals surface area contributed by atoms with E-state index in [-0.39, 0.29) is 11.3 Å². The first kappa shape index (κ1) is 22.7. The zero-order chi connectivity index (χ0) is 19.9. The van der Waals surface area contributed by atoms with Crippen LogP contribution in [0, 0.1) is 23.7 Å². The van der Waals surface area contributed by atoms with Crippen molar-refractivity contribution < 1.29 is 13.5 Å². The standard InChI is InChI=1S/C23H36F2O/c1-15(2)8-9-16(3)17(4)10-11-18(5)19(6)22(24)23(25)20(7)26-14-21-12-13-21/h11,15-17,21H,6-10,12-14H2,1-5H3/b18-11+,23-22-. The SMILES string of the molecule is C=C(OCC1CC1)/C(F)=C(/F)C(=C)/C(C)=C/CC(C)C(C)CCC(C)C. The molecular formula is C23H36F2O. The van der Waals surface area contributed by atoms with Gasteiger partial charge in [0.25, 0.3) is 0 Å². The maximum absolute atomic E-state index is 14.3. The van der Waals surface area contributed by atoms with Crippen molar-refractivity contribution in [1.29, 1.82) is 0 Å². The van der Waals surface area contributed by atoms with Gasteiger partial charge in [0.15, 0.2) is 11.6 Å². The normalized spacial score (nSPS) is 18.4. The van der Waals surface area contributed by atoms with E-state index in [1.165, 1.54) is 12.8 Å². The molecule has 0 amide bonds. The molecule has 1 nitrogen and oxygen atoms in total. The largest absolute Gasteiger partial charge is 0.491 e. The molecule has 1 fully saturated rings. The summed E-state index contributed by atoms with van der Waals surface area (Å²) in [5, 5.41) is 0. The molecule has 0 aliphatic heterocycles.